The third kappa shape index (κ3) is 3.81. The largest absolute Gasteiger partial charge is 0.396 e. The number of carbonyl (C=O) groups excluding carboxylic acids is 1. The number of aliphatic hydroxyl groups excluding tert-OH is 1. The van der Waals surface area contributed by atoms with Gasteiger partial charge in [0.2, 0.25) is 0 Å². The maximum absolute atomic E-state index is 12.3. The minimum Gasteiger partial charge on any atom is -0.396 e. The van der Waals surface area contributed by atoms with E-state index < -0.39 is 0 Å². The summed E-state index contributed by atoms with van der Waals surface area (Å²) in [5.74, 6) is -0.141. The van der Waals surface area contributed by atoms with Gasteiger partial charge in [-0.2, -0.15) is 5.10 Å². The van der Waals surface area contributed by atoms with E-state index in [4.69, 9.17) is 5.11 Å². The zero-order valence-electron chi connectivity index (χ0n) is 13.7. The van der Waals surface area contributed by atoms with E-state index >= 15 is 0 Å². The first-order valence-electron chi connectivity index (χ1n) is 8.08. The zero-order chi connectivity index (χ0) is 16.9. The molecule has 0 saturated carbocycles. The fourth-order valence-electron chi connectivity index (χ4n) is 2.63. The van der Waals surface area contributed by atoms with E-state index in [1.165, 1.54) is 0 Å². The van der Waals surface area contributed by atoms with Gasteiger partial charge in [0.1, 0.15) is 0 Å². The second-order valence-electron chi connectivity index (χ2n) is 5.88. The molecule has 0 atom stereocenters. The van der Waals surface area contributed by atoms with Crippen molar-refractivity contribution in [2.75, 3.05) is 23.5 Å². The minimum atomic E-state index is -0.141. The van der Waals surface area contributed by atoms with E-state index in [-0.39, 0.29) is 12.5 Å². The number of nitrogens with zero attached hydrogens (tertiary/aromatic N) is 2. The van der Waals surface area contributed by atoms with Crippen molar-refractivity contribution in [2.24, 2.45) is 5.10 Å². The second-order valence-corrected chi connectivity index (χ2v) is 5.88. The Kier molecular flexibility index (Phi) is 4.91. The Hall–Kier alpha value is -2.66. The van der Waals surface area contributed by atoms with Crippen molar-refractivity contribution < 1.29 is 9.90 Å². The lowest BCUT2D eigenvalue weighted by atomic mass is 10.1. The van der Waals surface area contributed by atoms with Crippen LogP contribution in [0.2, 0.25) is 0 Å². The van der Waals surface area contributed by atoms with Crippen molar-refractivity contribution in [1.29, 1.82) is 0 Å². The summed E-state index contributed by atoms with van der Waals surface area (Å²) in [6.07, 6.45) is 1.60. The topological polar surface area (TPSA) is 64.9 Å². The van der Waals surface area contributed by atoms with Crippen LogP contribution in [-0.4, -0.2) is 29.9 Å². The van der Waals surface area contributed by atoms with Gasteiger partial charge in [0.25, 0.3) is 5.91 Å². The van der Waals surface area contributed by atoms with Crippen LogP contribution in [0.4, 0.5) is 11.4 Å². The summed E-state index contributed by atoms with van der Waals surface area (Å²) in [6.45, 7) is 3.03. The molecule has 2 aromatic carbocycles. The molecule has 2 aromatic rings. The van der Waals surface area contributed by atoms with E-state index in [0.717, 1.165) is 35.6 Å². The Morgan fingerprint density at radius 3 is 2.46 bits per heavy atom. The van der Waals surface area contributed by atoms with Crippen LogP contribution in [-0.2, 0) is 6.42 Å². The average Bonchev–Trinajstić information content (AvgIpc) is 3.03. The third-order valence-corrected chi connectivity index (χ3v) is 4.02. The smallest absolute Gasteiger partial charge is 0.255 e. The first-order chi connectivity index (χ1) is 11.7. The molecule has 0 aromatic heterocycles. The van der Waals surface area contributed by atoms with Crippen LogP contribution in [0.5, 0.6) is 0 Å². The van der Waals surface area contributed by atoms with Gasteiger partial charge in [0, 0.05) is 36.5 Å². The normalized spacial score (nSPS) is 13.8. The van der Waals surface area contributed by atoms with Gasteiger partial charge in [0.05, 0.1) is 5.69 Å². The monoisotopic (exact) mass is 323 g/mol. The summed E-state index contributed by atoms with van der Waals surface area (Å²) >= 11 is 0. The van der Waals surface area contributed by atoms with Crippen molar-refractivity contribution in [1.82, 2.24) is 0 Å². The molecule has 1 aliphatic rings. The van der Waals surface area contributed by atoms with Crippen molar-refractivity contribution in [3.8, 4) is 0 Å². The molecule has 0 spiro atoms. The third-order valence-electron chi connectivity index (χ3n) is 4.02. The molecule has 0 saturated heterocycles. The number of hydrogen-bond acceptors (Lipinski definition) is 4. The van der Waals surface area contributed by atoms with Crippen LogP contribution in [0.3, 0.4) is 0 Å². The van der Waals surface area contributed by atoms with E-state index in [9.17, 15) is 4.79 Å². The second kappa shape index (κ2) is 7.27. The molecule has 0 bridgehead atoms. The Labute approximate surface area is 141 Å². The highest BCUT2D eigenvalue weighted by molar-refractivity contribution is 6.04. The van der Waals surface area contributed by atoms with Crippen LogP contribution >= 0.6 is 0 Å². The van der Waals surface area contributed by atoms with Crippen molar-refractivity contribution in [3.63, 3.8) is 0 Å². The van der Waals surface area contributed by atoms with Gasteiger partial charge < -0.3 is 10.4 Å². The number of aliphatic hydroxyl groups is 1. The lowest BCUT2D eigenvalue weighted by Gasteiger charge is -2.14. The fraction of sp³-hybridized carbons (Fsp3) is 0.263. The van der Waals surface area contributed by atoms with Gasteiger partial charge in [-0.3, -0.25) is 9.80 Å². The average molecular weight is 323 g/mol. The molecule has 0 radical (unpaired) electrons. The predicted octanol–water partition coefficient (Wildman–Crippen LogP) is 3.06. The van der Waals surface area contributed by atoms with Crippen molar-refractivity contribution >= 4 is 23.0 Å². The lowest BCUT2D eigenvalue weighted by molar-refractivity contribution is 0.102. The van der Waals surface area contributed by atoms with E-state index in [2.05, 4.69) is 10.4 Å². The van der Waals surface area contributed by atoms with E-state index in [1.54, 1.807) is 0 Å². The molecular formula is C19H21N3O2. The summed E-state index contributed by atoms with van der Waals surface area (Å²) in [6, 6.07) is 15.0. The Balaban J connectivity index is 1.64. The molecular weight excluding hydrogens is 302 g/mol. The van der Waals surface area contributed by atoms with Crippen LogP contribution in [0.1, 0.15) is 29.3 Å². The molecule has 1 heterocycles. The molecule has 1 amide bonds. The molecule has 2 N–H and O–H groups in total. The number of nitrogens with one attached hydrogen (secondary N) is 1. The first-order valence-corrected chi connectivity index (χ1v) is 8.08. The SMILES string of the molecule is CC1=NN(c2ccc(C(=O)Nc3ccc(CCO)cc3)cc2)CC1. The molecule has 0 unspecified atom stereocenters. The Bertz CT molecular complexity index is 736. The van der Waals surface area contributed by atoms with Crippen molar-refractivity contribution in [3.05, 3.63) is 59.7 Å². The van der Waals surface area contributed by atoms with Gasteiger partial charge in [0.15, 0.2) is 0 Å². The molecule has 3 rings (SSSR count). The molecule has 5 heteroatoms. The summed E-state index contributed by atoms with van der Waals surface area (Å²) in [5.41, 5.74) is 4.52. The molecule has 5 nitrogen and oxygen atoms in total. The maximum atomic E-state index is 12.3. The minimum absolute atomic E-state index is 0.124. The van der Waals surface area contributed by atoms with Crippen LogP contribution in [0, 0.1) is 0 Å². The summed E-state index contributed by atoms with van der Waals surface area (Å²) < 4.78 is 0. The number of rotatable bonds is 5. The van der Waals surface area contributed by atoms with Gasteiger partial charge in [-0.1, -0.05) is 12.1 Å². The number of carbonyl (C=O) groups is 1. The summed E-state index contributed by atoms with van der Waals surface area (Å²) in [5, 5.41) is 18.2. The maximum Gasteiger partial charge on any atom is 0.255 e. The predicted molar refractivity (Wildman–Crippen MR) is 96.7 cm³/mol. The number of benzene rings is 2. The van der Waals surface area contributed by atoms with E-state index in [0.29, 0.717) is 12.0 Å². The Morgan fingerprint density at radius 1 is 1.17 bits per heavy atom. The molecule has 24 heavy (non-hydrogen) atoms. The highest BCUT2D eigenvalue weighted by Crippen LogP contribution is 2.20. The molecule has 124 valence electrons. The van der Waals surface area contributed by atoms with E-state index in [1.807, 2.05) is 60.5 Å². The number of hydrogen-bond donors (Lipinski definition) is 2. The zero-order valence-corrected chi connectivity index (χ0v) is 13.7. The van der Waals surface area contributed by atoms with Crippen molar-refractivity contribution in [2.45, 2.75) is 19.8 Å². The number of anilines is 2. The standard InChI is InChI=1S/C19H21N3O2/c1-14-10-12-22(21-14)18-8-4-16(5-9-18)19(24)20-17-6-2-15(3-7-17)11-13-23/h2-9,23H,10-13H2,1H3,(H,20,24). The quantitative estimate of drug-likeness (QED) is 0.889. The Morgan fingerprint density at radius 2 is 1.88 bits per heavy atom. The lowest BCUT2D eigenvalue weighted by Crippen LogP contribution is -2.14. The van der Waals surface area contributed by atoms with Gasteiger partial charge in [-0.05, 0) is 55.3 Å². The van der Waals surface area contributed by atoms with Crippen LogP contribution < -0.4 is 10.3 Å². The summed E-state index contributed by atoms with van der Waals surface area (Å²) in [7, 11) is 0. The number of hydrazone groups is 1. The first kappa shape index (κ1) is 16.2. The fourth-order valence-corrected chi connectivity index (χ4v) is 2.63. The highest BCUT2D eigenvalue weighted by Gasteiger charge is 2.13. The van der Waals surface area contributed by atoms with Gasteiger partial charge in [-0.15, -0.1) is 0 Å². The molecule has 0 fully saturated rings. The number of amides is 1. The summed E-state index contributed by atoms with van der Waals surface area (Å²) in [4.78, 5) is 12.3. The van der Waals surface area contributed by atoms with Crippen LogP contribution in [0.15, 0.2) is 53.6 Å². The molecule has 1 aliphatic heterocycles. The van der Waals surface area contributed by atoms with Gasteiger partial charge in [-0.25, -0.2) is 0 Å². The van der Waals surface area contributed by atoms with Gasteiger partial charge >= 0.3 is 0 Å². The van der Waals surface area contributed by atoms with Crippen LogP contribution in [0.25, 0.3) is 0 Å². The highest BCUT2D eigenvalue weighted by atomic mass is 16.3. The molecule has 0 aliphatic carbocycles.